The summed E-state index contributed by atoms with van der Waals surface area (Å²) in [7, 11) is 4.08. The summed E-state index contributed by atoms with van der Waals surface area (Å²) in [5, 5.41) is 5.02. The fourth-order valence-corrected chi connectivity index (χ4v) is 2.96. The van der Waals surface area contributed by atoms with E-state index in [1.54, 1.807) is 6.20 Å². The minimum Gasteiger partial charge on any atom is -0.308 e. The molecule has 19 heavy (non-hydrogen) atoms. The molecule has 1 aromatic rings. The first kappa shape index (κ1) is 16.8. The van der Waals surface area contributed by atoms with E-state index in [1.807, 2.05) is 30.5 Å². The SMILES string of the molecule is CCCSCC(NN)c1c(Cl)cnn1CCN(C)C. The van der Waals surface area contributed by atoms with E-state index in [0.717, 1.165) is 36.7 Å². The minimum atomic E-state index is 0.0358. The van der Waals surface area contributed by atoms with Gasteiger partial charge in [-0.2, -0.15) is 16.9 Å². The van der Waals surface area contributed by atoms with Gasteiger partial charge in [0.05, 0.1) is 29.5 Å². The van der Waals surface area contributed by atoms with Crippen molar-refractivity contribution in [1.82, 2.24) is 20.1 Å². The van der Waals surface area contributed by atoms with Crippen LogP contribution < -0.4 is 11.3 Å². The summed E-state index contributed by atoms with van der Waals surface area (Å²) in [4.78, 5) is 2.12. The smallest absolute Gasteiger partial charge is 0.0834 e. The Labute approximate surface area is 124 Å². The molecule has 0 bridgehead atoms. The lowest BCUT2D eigenvalue weighted by Gasteiger charge is -2.19. The third-order valence-corrected chi connectivity index (χ3v) is 4.31. The van der Waals surface area contributed by atoms with Crippen LogP contribution in [-0.2, 0) is 6.54 Å². The second kappa shape index (κ2) is 8.81. The van der Waals surface area contributed by atoms with Gasteiger partial charge in [-0.25, -0.2) is 0 Å². The zero-order valence-electron chi connectivity index (χ0n) is 11.9. The molecule has 7 heteroatoms. The van der Waals surface area contributed by atoms with Gasteiger partial charge in [0.25, 0.3) is 0 Å². The van der Waals surface area contributed by atoms with Gasteiger partial charge in [0.15, 0.2) is 0 Å². The van der Waals surface area contributed by atoms with Crippen LogP contribution in [0.1, 0.15) is 25.1 Å². The molecule has 0 amide bonds. The number of hydrazine groups is 1. The Morgan fingerprint density at radius 3 is 2.89 bits per heavy atom. The number of nitrogens with two attached hydrogens (primary N) is 1. The van der Waals surface area contributed by atoms with Crippen molar-refractivity contribution in [2.75, 3.05) is 32.1 Å². The number of thioether (sulfide) groups is 1. The molecule has 1 aromatic heterocycles. The number of hydrogen-bond donors (Lipinski definition) is 2. The van der Waals surface area contributed by atoms with Gasteiger partial charge >= 0.3 is 0 Å². The monoisotopic (exact) mass is 305 g/mol. The Balaban J connectivity index is 2.74. The van der Waals surface area contributed by atoms with E-state index in [-0.39, 0.29) is 6.04 Å². The van der Waals surface area contributed by atoms with E-state index in [0.29, 0.717) is 5.02 Å². The van der Waals surface area contributed by atoms with Crippen LogP contribution in [-0.4, -0.2) is 46.8 Å². The maximum Gasteiger partial charge on any atom is 0.0834 e. The van der Waals surface area contributed by atoms with Gasteiger partial charge in [0, 0.05) is 12.3 Å². The van der Waals surface area contributed by atoms with Gasteiger partial charge in [-0.05, 0) is 26.3 Å². The minimum absolute atomic E-state index is 0.0358. The highest BCUT2D eigenvalue weighted by molar-refractivity contribution is 7.99. The van der Waals surface area contributed by atoms with Gasteiger partial charge in [0.2, 0.25) is 0 Å². The first-order chi connectivity index (χ1) is 9.10. The van der Waals surface area contributed by atoms with Crippen molar-refractivity contribution in [3.63, 3.8) is 0 Å². The van der Waals surface area contributed by atoms with Crippen LogP contribution in [0.5, 0.6) is 0 Å². The summed E-state index contributed by atoms with van der Waals surface area (Å²) in [6, 6.07) is 0.0358. The topological polar surface area (TPSA) is 59.1 Å². The number of nitrogens with one attached hydrogen (secondary N) is 1. The lowest BCUT2D eigenvalue weighted by molar-refractivity contribution is 0.364. The molecule has 110 valence electrons. The Kier molecular flexibility index (Phi) is 7.78. The summed E-state index contributed by atoms with van der Waals surface area (Å²) < 4.78 is 1.94. The molecule has 0 aromatic carbocycles. The fraction of sp³-hybridized carbons (Fsp3) is 0.750. The van der Waals surface area contributed by atoms with Crippen molar-refractivity contribution >= 4 is 23.4 Å². The molecule has 0 spiro atoms. The lowest BCUT2D eigenvalue weighted by atomic mass is 10.2. The Bertz CT molecular complexity index is 369. The van der Waals surface area contributed by atoms with Crippen LogP contribution in [0.2, 0.25) is 5.02 Å². The molecule has 1 rings (SSSR count). The number of aromatic nitrogens is 2. The quantitative estimate of drug-likeness (QED) is 0.413. The van der Waals surface area contributed by atoms with Gasteiger partial charge in [-0.1, -0.05) is 18.5 Å². The third-order valence-electron chi connectivity index (χ3n) is 2.76. The summed E-state index contributed by atoms with van der Waals surface area (Å²) in [5.41, 5.74) is 3.83. The average molecular weight is 306 g/mol. The number of hydrogen-bond acceptors (Lipinski definition) is 5. The van der Waals surface area contributed by atoms with Crippen molar-refractivity contribution in [2.45, 2.75) is 25.9 Å². The maximum absolute atomic E-state index is 6.24. The van der Waals surface area contributed by atoms with Gasteiger partial charge in [-0.3, -0.25) is 16.0 Å². The second-order valence-corrected chi connectivity index (χ2v) is 6.26. The zero-order valence-corrected chi connectivity index (χ0v) is 13.5. The van der Waals surface area contributed by atoms with Gasteiger partial charge in [-0.15, -0.1) is 0 Å². The fourth-order valence-electron chi connectivity index (χ4n) is 1.74. The molecule has 0 aliphatic carbocycles. The van der Waals surface area contributed by atoms with Crippen molar-refractivity contribution in [1.29, 1.82) is 0 Å². The highest BCUT2D eigenvalue weighted by atomic mass is 35.5. The van der Waals surface area contributed by atoms with Gasteiger partial charge in [0.1, 0.15) is 0 Å². The summed E-state index contributed by atoms with van der Waals surface area (Å²) in [5.74, 6) is 7.69. The molecule has 0 aliphatic rings. The normalized spacial score (nSPS) is 13.2. The van der Waals surface area contributed by atoms with E-state index in [9.17, 15) is 0 Å². The van der Waals surface area contributed by atoms with Gasteiger partial charge < -0.3 is 4.90 Å². The van der Waals surface area contributed by atoms with Crippen LogP contribution in [0.25, 0.3) is 0 Å². The maximum atomic E-state index is 6.24. The van der Waals surface area contributed by atoms with Crippen LogP contribution in [0.15, 0.2) is 6.20 Å². The van der Waals surface area contributed by atoms with E-state index in [1.165, 1.54) is 0 Å². The predicted molar refractivity (Wildman–Crippen MR) is 83.5 cm³/mol. The Hall–Kier alpha value is -0.270. The van der Waals surface area contributed by atoms with Crippen molar-refractivity contribution in [2.24, 2.45) is 5.84 Å². The van der Waals surface area contributed by atoms with E-state index in [2.05, 4.69) is 22.3 Å². The highest BCUT2D eigenvalue weighted by Crippen LogP contribution is 2.25. The van der Waals surface area contributed by atoms with Crippen molar-refractivity contribution < 1.29 is 0 Å². The number of nitrogens with zero attached hydrogens (tertiary/aromatic N) is 3. The molecular formula is C12H24ClN5S. The Morgan fingerprint density at radius 1 is 1.58 bits per heavy atom. The molecule has 5 nitrogen and oxygen atoms in total. The summed E-state index contributed by atoms with van der Waals surface area (Å²) in [6.45, 7) is 3.91. The van der Waals surface area contributed by atoms with E-state index < -0.39 is 0 Å². The van der Waals surface area contributed by atoms with Crippen LogP contribution >= 0.6 is 23.4 Å². The van der Waals surface area contributed by atoms with E-state index >= 15 is 0 Å². The lowest BCUT2D eigenvalue weighted by Crippen LogP contribution is -2.32. The van der Waals surface area contributed by atoms with Crippen molar-refractivity contribution in [3.8, 4) is 0 Å². The molecule has 0 saturated heterocycles. The number of likely N-dealkylation sites (N-methyl/N-ethyl adjacent to an activating group) is 1. The first-order valence-corrected chi connectivity index (χ1v) is 8.03. The molecule has 0 fully saturated rings. The first-order valence-electron chi connectivity index (χ1n) is 6.50. The number of halogens is 1. The zero-order chi connectivity index (χ0) is 14.3. The molecule has 3 N–H and O–H groups in total. The van der Waals surface area contributed by atoms with Crippen molar-refractivity contribution in [3.05, 3.63) is 16.9 Å². The standard InChI is InChI=1S/C12H24ClN5S/c1-4-7-19-9-11(16-14)12-10(13)8-15-18(12)6-5-17(2)3/h8,11,16H,4-7,9,14H2,1-3H3. The molecule has 1 atom stereocenters. The summed E-state index contributed by atoms with van der Waals surface area (Å²) in [6.07, 6.45) is 2.86. The van der Waals surface area contributed by atoms with E-state index in [4.69, 9.17) is 17.4 Å². The highest BCUT2D eigenvalue weighted by Gasteiger charge is 2.19. The second-order valence-electron chi connectivity index (χ2n) is 4.70. The number of rotatable bonds is 9. The molecule has 0 aliphatic heterocycles. The van der Waals surface area contributed by atoms with Crippen LogP contribution in [0.3, 0.4) is 0 Å². The predicted octanol–water partition coefficient (Wildman–Crippen LogP) is 1.75. The van der Waals surface area contributed by atoms with Crippen LogP contribution in [0, 0.1) is 0 Å². The summed E-state index contributed by atoms with van der Waals surface area (Å²) >= 11 is 8.12. The molecule has 1 unspecified atom stereocenters. The molecule has 0 radical (unpaired) electrons. The molecule has 0 saturated carbocycles. The Morgan fingerprint density at radius 2 is 2.32 bits per heavy atom. The van der Waals surface area contributed by atoms with Crippen LogP contribution in [0.4, 0.5) is 0 Å². The molecule has 1 heterocycles. The third kappa shape index (κ3) is 5.31. The largest absolute Gasteiger partial charge is 0.308 e. The average Bonchev–Trinajstić information content (AvgIpc) is 2.74. The molecular weight excluding hydrogens is 282 g/mol.